The van der Waals surface area contributed by atoms with Crippen molar-refractivity contribution < 1.29 is 4.39 Å². The number of nitrogens with zero attached hydrogens (tertiary/aromatic N) is 5. The summed E-state index contributed by atoms with van der Waals surface area (Å²) >= 11 is 1.37. The molecular weight excluding hydrogens is 337 g/mol. The van der Waals surface area contributed by atoms with E-state index in [-0.39, 0.29) is 5.82 Å². The molecule has 5 rings (SSSR count). The standard InChI is InChI=1S/C18H10FN5S/c19-13-7-3-2-6-12(13)16-21-22-18-24(16)23-17(25-18)15-10-9-11-5-1-4-8-14(11)20-15/h1-10H. The minimum Gasteiger partial charge on any atom is -0.245 e. The monoisotopic (exact) mass is 347 g/mol. The van der Waals surface area contributed by atoms with E-state index in [1.807, 2.05) is 36.4 Å². The van der Waals surface area contributed by atoms with Crippen LogP contribution in [0.1, 0.15) is 0 Å². The van der Waals surface area contributed by atoms with Crippen LogP contribution >= 0.6 is 11.3 Å². The van der Waals surface area contributed by atoms with Gasteiger partial charge in [0, 0.05) is 5.39 Å². The molecule has 3 heterocycles. The number of aromatic nitrogens is 5. The van der Waals surface area contributed by atoms with Gasteiger partial charge in [-0.3, -0.25) is 0 Å². The van der Waals surface area contributed by atoms with E-state index in [2.05, 4.69) is 20.3 Å². The van der Waals surface area contributed by atoms with E-state index < -0.39 is 0 Å². The molecule has 0 fully saturated rings. The van der Waals surface area contributed by atoms with Gasteiger partial charge >= 0.3 is 0 Å². The predicted octanol–water partition coefficient (Wildman–Crippen LogP) is 4.21. The van der Waals surface area contributed by atoms with Gasteiger partial charge in [-0.2, -0.15) is 9.61 Å². The van der Waals surface area contributed by atoms with Crippen LogP contribution in [0.4, 0.5) is 4.39 Å². The number of pyridine rings is 1. The maximum absolute atomic E-state index is 14.1. The molecule has 0 N–H and O–H groups in total. The average Bonchev–Trinajstić information content (AvgIpc) is 3.23. The first-order valence-corrected chi connectivity index (χ1v) is 8.44. The van der Waals surface area contributed by atoms with Crippen molar-refractivity contribution in [3.05, 3.63) is 66.5 Å². The van der Waals surface area contributed by atoms with Gasteiger partial charge in [-0.15, -0.1) is 10.2 Å². The fourth-order valence-corrected chi connectivity index (χ4v) is 3.53. The number of rotatable bonds is 2. The first-order chi connectivity index (χ1) is 12.3. The summed E-state index contributed by atoms with van der Waals surface area (Å²) in [6, 6.07) is 18.3. The first-order valence-electron chi connectivity index (χ1n) is 7.63. The summed E-state index contributed by atoms with van der Waals surface area (Å²) in [7, 11) is 0. The molecular formula is C18H10FN5S. The number of fused-ring (bicyclic) bond motifs is 2. The third kappa shape index (κ3) is 2.28. The molecule has 0 amide bonds. The van der Waals surface area contributed by atoms with E-state index in [0.29, 0.717) is 21.4 Å². The second-order valence-electron chi connectivity index (χ2n) is 5.49. The number of halogens is 1. The Morgan fingerprint density at radius 1 is 0.880 bits per heavy atom. The van der Waals surface area contributed by atoms with Crippen LogP contribution in [0.5, 0.6) is 0 Å². The van der Waals surface area contributed by atoms with E-state index in [1.54, 1.807) is 22.7 Å². The van der Waals surface area contributed by atoms with Gasteiger partial charge in [-0.1, -0.05) is 47.7 Å². The Bertz CT molecular complexity index is 1230. The van der Waals surface area contributed by atoms with Crippen molar-refractivity contribution in [2.24, 2.45) is 0 Å². The topological polar surface area (TPSA) is 56.0 Å². The van der Waals surface area contributed by atoms with Crippen LogP contribution in [0.3, 0.4) is 0 Å². The second kappa shape index (κ2) is 5.42. The van der Waals surface area contributed by atoms with Gasteiger partial charge in [0.25, 0.3) is 0 Å². The van der Waals surface area contributed by atoms with Crippen molar-refractivity contribution in [3.63, 3.8) is 0 Å². The minimum absolute atomic E-state index is 0.352. The number of para-hydroxylation sites is 1. The predicted molar refractivity (Wildman–Crippen MR) is 94.8 cm³/mol. The molecule has 0 aliphatic carbocycles. The molecule has 5 aromatic rings. The van der Waals surface area contributed by atoms with Gasteiger partial charge in [0.15, 0.2) is 10.8 Å². The van der Waals surface area contributed by atoms with E-state index in [1.165, 1.54) is 17.4 Å². The third-order valence-electron chi connectivity index (χ3n) is 3.92. The molecule has 0 atom stereocenters. The largest absolute Gasteiger partial charge is 0.245 e. The zero-order valence-corrected chi connectivity index (χ0v) is 13.6. The highest BCUT2D eigenvalue weighted by molar-refractivity contribution is 7.19. The Morgan fingerprint density at radius 2 is 1.72 bits per heavy atom. The summed E-state index contributed by atoms with van der Waals surface area (Å²) in [5.41, 5.74) is 2.03. The summed E-state index contributed by atoms with van der Waals surface area (Å²) in [4.78, 5) is 5.25. The number of benzene rings is 2. The molecule has 0 bridgehead atoms. The quantitative estimate of drug-likeness (QED) is 0.480. The Labute approximate surface area is 145 Å². The van der Waals surface area contributed by atoms with Crippen LogP contribution in [0.2, 0.25) is 0 Å². The smallest absolute Gasteiger partial charge is 0.235 e. The molecule has 120 valence electrons. The van der Waals surface area contributed by atoms with Crippen molar-refractivity contribution in [2.45, 2.75) is 0 Å². The van der Waals surface area contributed by atoms with Gasteiger partial charge in [-0.25, -0.2) is 9.37 Å². The molecule has 0 aliphatic heterocycles. The third-order valence-corrected chi connectivity index (χ3v) is 4.84. The first kappa shape index (κ1) is 14.2. The zero-order valence-electron chi connectivity index (χ0n) is 12.8. The molecule has 3 aromatic heterocycles. The molecule has 7 heteroatoms. The molecule has 2 aromatic carbocycles. The number of hydrogen-bond donors (Lipinski definition) is 0. The number of hydrogen-bond acceptors (Lipinski definition) is 5. The lowest BCUT2D eigenvalue weighted by molar-refractivity contribution is 0.629. The summed E-state index contributed by atoms with van der Waals surface area (Å²) in [6.07, 6.45) is 0. The van der Waals surface area contributed by atoms with Crippen LogP contribution in [0, 0.1) is 5.82 Å². The summed E-state index contributed by atoms with van der Waals surface area (Å²) in [5, 5.41) is 14.5. The fraction of sp³-hybridized carbons (Fsp3) is 0. The molecule has 0 radical (unpaired) electrons. The summed E-state index contributed by atoms with van der Waals surface area (Å²) in [6.45, 7) is 0. The molecule has 5 nitrogen and oxygen atoms in total. The van der Waals surface area contributed by atoms with Crippen LogP contribution < -0.4 is 0 Å². The molecule has 0 saturated heterocycles. The Morgan fingerprint density at radius 3 is 2.64 bits per heavy atom. The molecule has 0 spiro atoms. The van der Waals surface area contributed by atoms with Crippen LogP contribution in [0.25, 0.3) is 38.0 Å². The maximum atomic E-state index is 14.1. The van der Waals surface area contributed by atoms with Gasteiger partial charge in [0.1, 0.15) is 11.5 Å². The van der Waals surface area contributed by atoms with Gasteiger partial charge in [0.05, 0.1) is 11.1 Å². The second-order valence-corrected chi connectivity index (χ2v) is 6.45. The lowest BCUT2D eigenvalue weighted by Gasteiger charge is -2.00. The summed E-state index contributed by atoms with van der Waals surface area (Å²) in [5.74, 6) is 0.0339. The van der Waals surface area contributed by atoms with Crippen molar-refractivity contribution in [1.82, 2.24) is 24.8 Å². The molecule has 0 unspecified atom stereocenters. The van der Waals surface area contributed by atoms with Crippen molar-refractivity contribution in [1.29, 1.82) is 0 Å². The normalized spacial score (nSPS) is 11.4. The molecule has 0 aliphatic rings. The maximum Gasteiger partial charge on any atom is 0.235 e. The van der Waals surface area contributed by atoms with Gasteiger partial charge < -0.3 is 0 Å². The Balaban J connectivity index is 1.67. The Kier molecular flexibility index (Phi) is 3.07. The summed E-state index contributed by atoms with van der Waals surface area (Å²) < 4.78 is 15.6. The molecule has 25 heavy (non-hydrogen) atoms. The van der Waals surface area contributed by atoms with Gasteiger partial charge in [0.2, 0.25) is 4.96 Å². The van der Waals surface area contributed by atoms with Crippen LogP contribution in [0.15, 0.2) is 60.7 Å². The van der Waals surface area contributed by atoms with Crippen molar-refractivity contribution in [3.8, 4) is 22.1 Å². The lowest BCUT2D eigenvalue weighted by atomic mass is 10.2. The zero-order chi connectivity index (χ0) is 16.8. The van der Waals surface area contributed by atoms with Crippen LogP contribution in [-0.2, 0) is 0 Å². The highest BCUT2D eigenvalue weighted by Crippen LogP contribution is 2.28. The van der Waals surface area contributed by atoms with E-state index >= 15 is 0 Å². The Hall–Kier alpha value is -3.19. The van der Waals surface area contributed by atoms with E-state index in [4.69, 9.17) is 0 Å². The highest BCUT2D eigenvalue weighted by Gasteiger charge is 2.17. The van der Waals surface area contributed by atoms with Crippen LogP contribution in [-0.4, -0.2) is 24.8 Å². The SMILES string of the molecule is Fc1ccccc1-c1nnc2sc(-c3ccc4ccccc4n3)nn12. The molecule has 0 saturated carbocycles. The van der Waals surface area contributed by atoms with Crippen molar-refractivity contribution in [2.75, 3.05) is 0 Å². The van der Waals surface area contributed by atoms with Crippen molar-refractivity contribution >= 4 is 27.2 Å². The highest BCUT2D eigenvalue weighted by atomic mass is 32.1. The lowest BCUT2D eigenvalue weighted by Crippen LogP contribution is -1.94. The fourth-order valence-electron chi connectivity index (χ4n) is 2.72. The minimum atomic E-state index is -0.352. The average molecular weight is 347 g/mol. The van der Waals surface area contributed by atoms with E-state index in [0.717, 1.165) is 16.6 Å². The van der Waals surface area contributed by atoms with E-state index in [9.17, 15) is 4.39 Å². The van der Waals surface area contributed by atoms with Gasteiger partial charge in [-0.05, 0) is 24.3 Å².